The Morgan fingerprint density at radius 2 is 1.71 bits per heavy atom. The van der Waals surface area contributed by atoms with Crippen molar-refractivity contribution in [2.75, 3.05) is 0 Å². The first-order valence-corrected chi connectivity index (χ1v) is 7.65. The van der Waals surface area contributed by atoms with E-state index in [9.17, 15) is 23.1 Å². The zero-order chi connectivity index (χ0) is 17.3. The van der Waals surface area contributed by atoms with Gasteiger partial charge in [-0.15, -0.1) is 0 Å². The van der Waals surface area contributed by atoms with Crippen LogP contribution in [0.15, 0.2) is 64.5 Å². The number of carboxylic acid groups (broad SMARTS) is 1. The second-order valence-electron chi connectivity index (χ2n) is 4.93. The van der Waals surface area contributed by atoms with Crippen molar-refractivity contribution < 1.29 is 23.1 Å². The van der Waals surface area contributed by atoms with E-state index < -0.39 is 17.7 Å². The highest BCUT2D eigenvalue weighted by molar-refractivity contribution is 7.99. The standard InChI is InChI=1S/C17H10F3NO2S/c18-17(19,20)12-6-2-4-8-14(12)24-15-9-11(16(22)23)10-5-1-3-7-13(10)21-15/h1-9H,(H,22,23). The number of fused-ring (bicyclic) bond motifs is 1. The van der Waals surface area contributed by atoms with Crippen LogP contribution in [0.3, 0.4) is 0 Å². The first-order valence-electron chi connectivity index (χ1n) is 6.83. The normalized spacial score (nSPS) is 11.6. The van der Waals surface area contributed by atoms with Crippen LogP contribution in [0.4, 0.5) is 13.2 Å². The summed E-state index contributed by atoms with van der Waals surface area (Å²) in [6.45, 7) is 0. The van der Waals surface area contributed by atoms with Crippen molar-refractivity contribution in [3.8, 4) is 0 Å². The average Bonchev–Trinajstić information content (AvgIpc) is 2.53. The van der Waals surface area contributed by atoms with E-state index in [0.717, 1.165) is 17.8 Å². The van der Waals surface area contributed by atoms with Crippen LogP contribution in [0.5, 0.6) is 0 Å². The number of rotatable bonds is 3. The summed E-state index contributed by atoms with van der Waals surface area (Å²) in [6, 6.07) is 13.0. The quantitative estimate of drug-likeness (QED) is 0.714. The molecule has 1 heterocycles. The molecule has 0 radical (unpaired) electrons. The number of halogens is 3. The highest BCUT2D eigenvalue weighted by atomic mass is 32.2. The van der Waals surface area contributed by atoms with E-state index in [0.29, 0.717) is 10.9 Å². The summed E-state index contributed by atoms with van der Waals surface area (Å²) in [4.78, 5) is 15.7. The van der Waals surface area contributed by atoms with E-state index in [-0.39, 0.29) is 15.5 Å². The van der Waals surface area contributed by atoms with Gasteiger partial charge in [-0.05, 0) is 24.3 Å². The molecule has 122 valence electrons. The van der Waals surface area contributed by atoms with Crippen LogP contribution in [0.25, 0.3) is 10.9 Å². The van der Waals surface area contributed by atoms with E-state index in [1.54, 1.807) is 24.3 Å². The van der Waals surface area contributed by atoms with Gasteiger partial charge in [0.1, 0.15) is 5.03 Å². The molecular weight excluding hydrogens is 339 g/mol. The number of benzene rings is 2. The maximum atomic E-state index is 13.1. The Morgan fingerprint density at radius 3 is 2.42 bits per heavy atom. The van der Waals surface area contributed by atoms with Gasteiger partial charge in [0.2, 0.25) is 0 Å². The van der Waals surface area contributed by atoms with Crippen molar-refractivity contribution in [2.45, 2.75) is 16.1 Å². The molecule has 3 nitrogen and oxygen atoms in total. The second-order valence-corrected chi connectivity index (χ2v) is 5.99. The van der Waals surface area contributed by atoms with Crippen molar-refractivity contribution in [1.82, 2.24) is 4.98 Å². The first kappa shape index (κ1) is 16.3. The molecule has 0 atom stereocenters. The Morgan fingerprint density at radius 1 is 1.04 bits per heavy atom. The Balaban J connectivity index is 2.11. The minimum atomic E-state index is -4.49. The Hall–Kier alpha value is -2.54. The van der Waals surface area contributed by atoms with E-state index in [1.165, 1.54) is 24.3 Å². The smallest absolute Gasteiger partial charge is 0.417 e. The Bertz CT molecular complexity index is 925. The number of pyridine rings is 1. The number of nitrogens with zero attached hydrogens (tertiary/aromatic N) is 1. The molecule has 0 fully saturated rings. The number of carboxylic acids is 1. The molecule has 0 aliphatic carbocycles. The van der Waals surface area contributed by atoms with Gasteiger partial charge in [-0.2, -0.15) is 13.2 Å². The third-order valence-electron chi connectivity index (χ3n) is 3.33. The molecule has 0 spiro atoms. The van der Waals surface area contributed by atoms with Gasteiger partial charge >= 0.3 is 12.1 Å². The summed E-state index contributed by atoms with van der Waals surface area (Å²) in [5.74, 6) is -1.15. The number of hydrogen-bond acceptors (Lipinski definition) is 3. The summed E-state index contributed by atoms with van der Waals surface area (Å²) in [5, 5.41) is 9.98. The summed E-state index contributed by atoms with van der Waals surface area (Å²) in [5.41, 5.74) is -0.348. The third-order valence-corrected chi connectivity index (χ3v) is 4.32. The van der Waals surface area contributed by atoms with Crippen LogP contribution in [0.1, 0.15) is 15.9 Å². The third kappa shape index (κ3) is 3.21. The van der Waals surface area contributed by atoms with E-state index in [4.69, 9.17) is 0 Å². The van der Waals surface area contributed by atoms with Gasteiger partial charge in [0.05, 0.1) is 16.6 Å². The molecule has 2 aromatic carbocycles. The van der Waals surface area contributed by atoms with Gasteiger partial charge < -0.3 is 5.11 Å². The molecule has 7 heteroatoms. The molecule has 3 rings (SSSR count). The topological polar surface area (TPSA) is 50.2 Å². The summed E-state index contributed by atoms with van der Waals surface area (Å²) < 4.78 is 39.3. The maximum Gasteiger partial charge on any atom is 0.417 e. The van der Waals surface area contributed by atoms with Crippen LogP contribution in [-0.4, -0.2) is 16.1 Å². The molecule has 24 heavy (non-hydrogen) atoms. The van der Waals surface area contributed by atoms with Crippen molar-refractivity contribution >= 4 is 28.6 Å². The molecule has 1 N–H and O–H groups in total. The lowest BCUT2D eigenvalue weighted by atomic mass is 10.1. The van der Waals surface area contributed by atoms with Crippen LogP contribution >= 0.6 is 11.8 Å². The van der Waals surface area contributed by atoms with E-state index in [1.807, 2.05) is 0 Å². The van der Waals surface area contributed by atoms with Crippen LogP contribution in [0, 0.1) is 0 Å². The molecule has 0 saturated heterocycles. The van der Waals surface area contributed by atoms with Gasteiger partial charge in [-0.3, -0.25) is 0 Å². The minimum Gasteiger partial charge on any atom is -0.478 e. The van der Waals surface area contributed by atoms with Crippen molar-refractivity contribution in [2.24, 2.45) is 0 Å². The lowest BCUT2D eigenvalue weighted by Crippen LogP contribution is -2.06. The van der Waals surface area contributed by atoms with Gasteiger partial charge in [-0.1, -0.05) is 42.1 Å². The monoisotopic (exact) mass is 349 g/mol. The molecule has 0 aliphatic rings. The largest absolute Gasteiger partial charge is 0.478 e. The molecule has 0 saturated carbocycles. The zero-order valence-corrected chi connectivity index (χ0v) is 12.9. The molecule has 0 amide bonds. The predicted molar refractivity (Wildman–Crippen MR) is 84.3 cm³/mol. The lowest BCUT2D eigenvalue weighted by molar-refractivity contribution is -0.139. The molecule has 0 aliphatic heterocycles. The van der Waals surface area contributed by atoms with Crippen LogP contribution in [0.2, 0.25) is 0 Å². The molecule has 0 bridgehead atoms. The molecule has 1 aromatic heterocycles. The second kappa shape index (κ2) is 6.16. The van der Waals surface area contributed by atoms with Gasteiger partial charge in [0, 0.05) is 10.3 Å². The van der Waals surface area contributed by atoms with Crippen LogP contribution in [-0.2, 0) is 6.18 Å². The summed E-state index contributed by atoms with van der Waals surface area (Å²) >= 11 is 0.793. The van der Waals surface area contributed by atoms with Crippen molar-refractivity contribution in [1.29, 1.82) is 0 Å². The maximum absolute atomic E-state index is 13.1. The van der Waals surface area contributed by atoms with Crippen molar-refractivity contribution in [3.63, 3.8) is 0 Å². The van der Waals surface area contributed by atoms with E-state index in [2.05, 4.69) is 4.98 Å². The predicted octanol–water partition coefficient (Wildman–Crippen LogP) is 5.10. The number of aromatic nitrogens is 1. The number of hydrogen-bond donors (Lipinski definition) is 1. The number of carbonyl (C=O) groups is 1. The highest BCUT2D eigenvalue weighted by Gasteiger charge is 2.33. The molecular formula is C17H10F3NO2S. The number of alkyl halides is 3. The van der Waals surface area contributed by atoms with Gasteiger partial charge in [0.15, 0.2) is 0 Å². The van der Waals surface area contributed by atoms with Gasteiger partial charge in [0.25, 0.3) is 0 Å². The minimum absolute atomic E-state index is 0.00703. The zero-order valence-electron chi connectivity index (χ0n) is 12.0. The fourth-order valence-corrected chi connectivity index (χ4v) is 3.27. The lowest BCUT2D eigenvalue weighted by Gasteiger charge is -2.12. The Kier molecular flexibility index (Phi) is 4.19. The Labute approximate surface area is 139 Å². The first-order chi connectivity index (χ1) is 11.4. The highest BCUT2D eigenvalue weighted by Crippen LogP contribution is 2.39. The average molecular weight is 349 g/mol. The fourth-order valence-electron chi connectivity index (χ4n) is 2.28. The molecule has 0 unspecified atom stereocenters. The van der Waals surface area contributed by atoms with Crippen LogP contribution < -0.4 is 0 Å². The van der Waals surface area contributed by atoms with Crippen molar-refractivity contribution in [3.05, 3.63) is 65.7 Å². The number of aromatic carboxylic acids is 1. The number of para-hydroxylation sites is 1. The SMILES string of the molecule is O=C(O)c1cc(Sc2ccccc2C(F)(F)F)nc2ccccc12. The van der Waals surface area contributed by atoms with E-state index >= 15 is 0 Å². The van der Waals surface area contributed by atoms with Gasteiger partial charge in [-0.25, -0.2) is 9.78 Å². The summed E-state index contributed by atoms with van der Waals surface area (Å²) in [6.07, 6.45) is -4.49. The summed E-state index contributed by atoms with van der Waals surface area (Å²) in [7, 11) is 0. The fraction of sp³-hybridized carbons (Fsp3) is 0.0588. The molecule has 3 aromatic rings.